The number of carboxylic acid groups (broad SMARTS) is 3. The summed E-state index contributed by atoms with van der Waals surface area (Å²) < 4.78 is 0. The first-order valence-electron chi connectivity index (χ1n) is 7.00. The van der Waals surface area contributed by atoms with Crippen molar-refractivity contribution in [2.75, 3.05) is 0 Å². The zero-order chi connectivity index (χ0) is 19.1. The van der Waals surface area contributed by atoms with Gasteiger partial charge in [0.05, 0.1) is 0 Å². The molecule has 0 spiro atoms. The van der Waals surface area contributed by atoms with Crippen molar-refractivity contribution in [3.05, 3.63) is 36.0 Å². The zero-order valence-electron chi connectivity index (χ0n) is 12.9. The summed E-state index contributed by atoms with van der Waals surface area (Å²) in [5.74, 6) is -4.51. The predicted octanol–water partition coefficient (Wildman–Crippen LogP) is -1.00. The van der Waals surface area contributed by atoms with Crippen molar-refractivity contribution >= 4 is 28.8 Å². The molecule has 1 aromatic carbocycles. The fourth-order valence-corrected chi connectivity index (χ4v) is 1.89. The second kappa shape index (κ2) is 8.78. The third-order valence-corrected chi connectivity index (χ3v) is 3.24. The van der Waals surface area contributed by atoms with Crippen LogP contribution in [0, 0.1) is 0 Å². The van der Waals surface area contributed by atoms with E-state index in [1.54, 1.807) is 0 Å². The number of benzene rings is 1. The lowest BCUT2D eigenvalue weighted by atomic mass is 10.1. The maximum Gasteiger partial charge on any atom is 0.335 e. The predicted molar refractivity (Wildman–Crippen MR) is 84.9 cm³/mol. The Balaban J connectivity index is 0.000000275. The van der Waals surface area contributed by atoms with Gasteiger partial charge in [0, 0.05) is 23.5 Å². The van der Waals surface area contributed by atoms with Gasteiger partial charge in [0.1, 0.15) is 6.04 Å². The fourth-order valence-electron chi connectivity index (χ4n) is 1.89. The van der Waals surface area contributed by atoms with Crippen LogP contribution in [0.4, 0.5) is 0 Å². The molecule has 1 aromatic heterocycles. The van der Waals surface area contributed by atoms with Gasteiger partial charge < -0.3 is 36.3 Å². The Morgan fingerprint density at radius 3 is 1.96 bits per heavy atom. The number of carbonyl (C=O) groups is 3. The van der Waals surface area contributed by atoms with Crippen LogP contribution in [0.2, 0.25) is 0 Å². The summed E-state index contributed by atoms with van der Waals surface area (Å²) in [6.07, 6.45) is -2.37. The summed E-state index contributed by atoms with van der Waals surface area (Å²) in [6, 6.07) is 6.91. The van der Waals surface area contributed by atoms with Crippen molar-refractivity contribution in [1.82, 2.24) is 4.98 Å². The van der Waals surface area contributed by atoms with Crippen molar-refractivity contribution < 1.29 is 39.9 Å². The van der Waals surface area contributed by atoms with Gasteiger partial charge in [-0.25, -0.2) is 9.59 Å². The minimum absolute atomic E-state index is 0.347. The molecule has 0 aliphatic carbocycles. The van der Waals surface area contributed by atoms with Crippen LogP contribution in [0.25, 0.3) is 10.9 Å². The van der Waals surface area contributed by atoms with Gasteiger partial charge in [0.25, 0.3) is 0 Å². The number of H-pyrrole nitrogens is 1. The molecule has 0 radical (unpaired) electrons. The van der Waals surface area contributed by atoms with Crippen molar-refractivity contribution in [2.24, 2.45) is 5.73 Å². The highest BCUT2D eigenvalue weighted by Gasteiger charge is 2.29. The van der Waals surface area contributed by atoms with Crippen LogP contribution in [0.1, 0.15) is 5.56 Å². The molecular formula is C15H18N2O8. The Hall–Kier alpha value is -2.95. The monoisotopic (exact) mass is 354 g/mol. The maximum atomic E-state index is 10.6. The van der Waals surface area contributed by atoms with Crippen LogP contribution in [0.15, 0.2) is 30.5 Å². The molecule has 0 fully saturated rings. The second-order valence-corrected chi connectivity index (χ2v) is 5.07. The lowest BCUT2D eigenvalue weighted by molar-refractivity contribution is -0.165. The maximum absolute atomic E-state index is 10.6. The van der Waals surface area contributed by atoms with E-state index in [1.807, 2.05) is 30.5 Å². The second-order valence-electron chi connectivity index (χ2n) is 5.07. The summed E-state index contributed by atoms with van der Waals surface area (Å²) >= 11 is 0. The number of nitrogens with one attached hydrogen (secondary N) is 1. The van der Waals surface area contributed by atoms with Crippen LogP contribution in [-0.4, -0.2) is 66.7 Å². The smallest absolute Gasteiger partial charge is 0.335 e. The van der Waals surface area contributed by atoms with Gasteiger partial charge in [0.2, 0.25) is 0 Å². The lowest BCUT2D eigenvalue weighted by Gasteiger charge is -2.07. The topological polar surface area (TPSA) is 194 Å². The number of aliphatic carboxylic acids is 3. The fraction of sp³-hybridized carbons (Fsp3) is 0.267. The third-order valence-electron chi connectivity index (χ3n) is 3.24. The average molecular weight is 354 g/mol. The third kappa shape index (κ3) is 5.57. The Morgan fingerprint density at radius 1 is 0.960 bits per heavy atom. The molecule has 25 heavy (non-hydrogen) atoms. The van der Waals surface area contributed by atoms with E-state index in [4.69, 9.17) is 31.3 Å². The first-order chi connectivity index (χ1) is 11.6. The molecule has 1 heterocycles. The van der Waals surface area contributed by atoms with E-state index in [0.717, 1.165) is 16.5 Å². The summed E-state index contributed by atoms with van der Waals surface area (Å²) in [5, 5.41) is 42.3. The number of fused-ring (bicyclic) bond motifs is 1. The van der Waals surface area contributed by atoms with Crippen molar-refractivity contribution in [3.63, 3.8) is 0 Å². The van der Waals surface area contributed by atoms with Gasteiger partial charge in [-0.3, -0.25) is 4.79 Å². The summed E-state index contributed by atoms with van der Waals surface area (Å²) in [7, 11) is 0. The number of rotatable bonds is 6. The van der Waals surface area contributed by atoms with Gasteiger partial charge in [-0.05, 0) is 11.6 Å². The molecule has 2 unspecified atom stereocenters. The average Bonchev–Trinajstić information content (AvgIpc) is 2.97. The summed E-state index contributed by atoms with van der Waals surface area (Å²) in [6.45, 7) is 0. The van der Waals surface area contributed by atoms with E-state index >= 15 is 0 Å². The number of hydrogen-bond acceptors (Lipinski definition) is 6. The summed E-state index contributed by atoms with van der Waals surface area (Å²) in [5.41, 5.74) is 7.43. The number of aromatic nitrogens is 1. The molecule has 0 saturated heterocycles. The number of nitrogens with two attached hydrogens (primary N) is 1. The van der Waals surface area contributed by atoms with E-state index < -0.39 is 36.2 Å². The number of carboxylic acids is 3. The molecule has 0 aliphatic rings. The van der Waals surface area contributed by atoms with Crippen LogP contribution in [0.3, 0.4) is 0 Å². The van der Waals surface area contributed by atoms with Crippen molar-refractivity contribution in [2.45, 2.75) is 24.7 Å². The van der Waals surface area contributed by atoms with E-state index in [-0.39, 0.29) is 0 Å². The molecule has 136 valence electrons. The first-order valence-corrected chi connectivity index (χ1v) is 7.00. The van der Waals surface area contributed by atoms with Crippen LogP contribution < -0.4 is 5.73 Å². The standard InChI is InChI=1S/C11H12N2O2.C4H6O6/c12-9(11(14)15)5-7-6-13-10-4-2-1-3-8(7)10;5-1(3(7)8)2(6)4(9)10/h1-4,6,9,13H,5,12H2,(H,14,15);1-2,5-6H,(H,7,8)(H,9,10)/t9-;/m0./s1. The highest BCUT2D eigenvalue weighted by molar-refractivity contribution is 5.84. The van der Waals surface area contributed by atoms with Gasteiger partial charge in [-0.2, -0.15) is 0 Å². The number of para-hydroxylation sites is 1. The van der Waals surface area contributed by atoms with E-state index in [2.05, 4.69) is 4.98 Å². The molecule has 10 heteroatoms. The van der Waals surface area contributed by atoms with Gasteiger partial charge >= 0.3 is 17.9 Å². The normalized spacial score (nSPS) is 14.0. The SMILES string of the molecule is N[C@@H](Cc1c[nH]c2ccccc12)C(=O)O.O=C(O)C(O)C(O)C(=O)O. The largest absolute Gasteiger partial charge is 0.480 e. The highest BCUT2D eigenvalue weighted by atomic mass is 16.4. The molecule has 0 saturated carbocycles. The van der Waals surface area contributed by atoms with Gasteiger partial charge in [-0.1, -0.05) is 18.2 Å². The van der Waals surface area contributed by atoms with E-state index in [9.17, 15) is 14.4 Å². The molecule has 2 aromatic rings. The Morgan fingerprint density at radius 2 is 1.48 bits per heavy atom. The Labute approximate surface area is 141 Å². The molecule has 3 atom stereocenters. The number of aromatic amines is 1. The molecule has 10 nitrogen and oxygen atoms in total. The highest BCUT2D eigenvalue weighted by Crippen LogP contribution is 2.18. The number of aliphatic hydroxyl groups is 2. The van der Waals surface area contributed by atoms with Crippen LogP contribution in [0.5, 0.6) is 0 Å². The minimum atomic E-state index is -2.27. The Bertz CT molecular complexity index is 739. The Kier molecular flexibility index (Phi) is 7.06. The van der Waals surface area contributed by atoms with E-state index in [1.165, 1.54) is 0 Å². The molecule has 8 N–H and O–H groups in total. The van der Waals surface area contributed by atoms with Gasteiger partial charge in [-0.15, -0.1) is 0 Å². The zero-order valence-corrected chi connectivity index (χ0v) is 12.9. The van der Waals surface area contributed by atoms with Crippen molar-refractivity contribution in [1.29, 1.82) is 0 Å². The van der Waals surface area contributed by atoms with Gasteiger partial charge in [0.15, 0.2) is 12.2 Å². The molecule has 2 rings (SSSR count). The molecule has 0 amide bonds. The first kappa shape index (κ1) is 20.1. The van der Waals surface area contributed by atoms with Crippen molar-refractivity contribution in [3.8, 4) is 0 Å². The molecular weight excluding hydrogens is 336 g/mol. The minimum Gasteiger partial charge on any atom is -0.480 e. The quantitative estimate of drug-likeness (QED) is 0.340. The molecule has 0 bridgehead atoms. The van der Waals surface area contributed by atoms with Crippen LogP contribution >= 0.6 is 0 Å². The number of hydrogen-bond donors (Lipinski definition) is 7. The summed E-state index contributed by atoms with van der Waals surface area (Å²) in [4.78, 5) is 33.3. The number of aliphatic hydroxyl groups excluding tert-OH is 2. The molecule has 0 aliphatic heterocycles. The van der Waals surface area contributed by atoms with E-state index in [0.29, 0.717) is 6.42 Å². The lowest BCUT2D eigenvalue weighted by Crippen LogP contribution is -2.39. The van der Waals surface area contributed by atoms with Crippen LogP contribution in [-0.2, 0) is 20.8 Å².